The molecular formula is C19H15Cl2N3O2. The first-order chi connectivity index (χ1) is 12.5. The van der Waals surface area contributed by atoms with E-state index in [1.807, 2.05) is 41.8 Å². The molecule has 0 bridgehead atoms. The van der Waals surface area contributed by atoms with Crippen LogP contribution < -0.4 is 5.32 Å². The van der Waals surface area contributed by atoms with Crippen molar-refractivity contribution in [2.45, 2.75) is 13.0 Å². The molecule has 0 aliphatic carbocycles. The molecular weight excluding hydrogens is 373 g/mol. The lowest BCUT2D eigenvalue weighted by Crippen LogP contribution is -2.28. The highest BCUT2D eigenvalue weighted by Crippen LogP contribution is 2.40. The molecule has 1 aromatic heterocycles. The average molecular weight is 388 g/mol. The highest BCUT2D eigenvalue weighted by atomic mass is 35.5. The summed E-state index contributed by atoms with van der Waals surface area (Å²) in [6, 6.07) is 12.7. The Bertz CT molecular complexity index is 1070. The summed E-state index contributed by atoms with van der Waals surface area (Å²) < 4.78 is 7.02. The second-order valence-electron chi connectivity index (χ2n) is 6.03. The van der Waals surface area contributed by atoms with Gasteiger partial charge in [-0.25, -0.2) is 9.78 Å². The summed E-state index contributed by atoms with van der Waals surface area (Å²) in [6.07, 6.45) is 0. The van der Waals surface area contributed by atoms with Crippen LogP contribution in [0.5, 0.6) is 0 Å². The van der Waals surface area contributed by atoms with Crippen LogP contribution in [0.3, 0.4) is 0 Å². The highest BCUT2D eigenvalue weighted by Gasteiger charge is 2.34. The number of para-hydroxylation sites is 2. The fourth-order valence-electron chi connectivity index (χ4n) is 3.34. The van der Waals surface area contributed by atoms with E-state index in [0.717, 1.165) is 16.6 Å². The average Bonchev–Trinajstić information content (AvgIpc) is 3.00. The van der Waals surface area contributed by atoms with Crippen LogP contribution in [0.4, 0.5) is 5.95 Å². The number of methoxy groups -OCH3 is 1. The Balaban J connectivity index is 2.02. The summed E-state index contributed by atoms with van der Waals surface area (Å²) in [6.45, 7) is 1.83. The highest BCUT2D eigenvalue weighted by molar-refractivity contribution is 6.42. The standard InChI is InChI=1S/C19H15Cl2N3O2/c1-10-16(18(25)26-2)17(11-7-8-12(20)13(21)9-11)24-15-6-4-3-5-14(15)23-19(24)22-10/h3-9,17H,1-2H3,(H,22,23)/t17-/m1/s1. The molecule has 0 radical (unpaired) electrons. The second kappa shape index (κ2) is 6.34. The number of imidazole rings is 1. The molecule has 7 heteroatoms. The maximum absolute atomic E-state index is 12.6. The van der Waals surface area contributed by atoms with Crippen LogP contribution in [0.1, 0.15) is 18.5 Å². The van der Waals surface area contributed by atoms with Crippen LogP contribution in [0, 0.1) is 0 Å². The molecule has 3 aromatic rings. The van der Waals surface area contributed by atoms with Crippen molar-refractivity contribution in [2.75, 3.05) is 12.4 Å². The lowest BCUT2D eigenvalue weighted by molar-refractivity contribution is -0.136. The van der Waals surface area contributed by atoms with E-state index in [2.05, 4.69) is 10.3 Å². The van der Waals surface area contributed by atoms with Crippen molar-refractivity contribution < 1.29 is 9.53 Å². The number of hydrogen-bond donors (Lipinski definition) is 1. The maximum atomic E-state index is 12.6. The van der Waals surface area contributed by atoms with E-state index in [4.69, 9.17) is 27.9 Å². The Morgan fingerprint density at radius 3 is 2.69 bits per heavy atom. The third-order valence-electron chi connectivity index (χ3n) is 4.50. The van der Waals surface area contributed by atoms with Gasteiger partial charge in [-0.05, 0) is 36.8 Å². The molecule has 1 aliphatic rings. The first-order valence-electron chi connectivity index (χ1n) is 7.99. The first-order valence-corrected chi connectivity index (χ1v) is 8.75. The molecule has 2 heterocycles. The SMILES string of the molecule is COC(=O)C1=C(C)Nc2nc3ccccc3n2[C@@H]1c1ccc(Cl)c(Cl)c1. The molecule has 2 aromatic carbocycles. The van der Waals surface area contributed by atoms with Crippen molar-refractivity contribution in [1.82, 2.24) is 9.55 Å². The van der Waals surface area contributed by atoms with Gasteiger partial charge in [0.15, 0.2) is 0 Å². The third kappa shape index (κ3) is 2.55. The number of rotatable bonds is 2. The maximum Gasteiger partial charge on any atom is 0.337 e. The number of halogens is 2. The van der Waals surface area contributed by atoms with Gasteiger partial charge in [0, 0.05) is 5.70 Å². The van der Waals surface area contributed by atoms with E-state index in [9.17, 15) is 4.79 Å². The molecule has 0 fully saturated rings. The smallest absolute Gasteiger partial charge is 0.337 e. The predicted molar refractivity (Wildman–Crippen MR) is 103 cm³/mol. The fraction of sp³-hybridized carbons (Fsp3) is 0.158. The van der Waals surface area contributed by atoms with E-state index < -0.39 is 12.0 Å². The quantitative estimate of drug-likeness (QED) is 0.641. The number of nitrogens with one attached hydrogen (secondary N) is 1. The van der Waals surface area contributed by atoms with Crippen LogP contribution in [0.25, 0.3) is 11.0 Å². The largest absolute Gasteiger partial charge is 0.466 e. The summed E-state index contributed by atoms with van der Waals surface area (Å²) in [5.74, 6) is 0.252. The zero-order valence-electron chi connectivity index (χ0n) is 14.1. The number of ether oxygens (including phenoxy) is 1. The molecule has 0 saturated carbocycles. The van der Waals surface area contributed by atoms with Gasteiger partial charge in [0.1, 0.15) is 0 Å². The summed E-state index contributed by atoms with van der Waals surface area (Å²) >= 11 is 12.3. The third-order valence-corrected chi connectivity index (χ3v) is 5.23. The van der Waals surface area contributed by atoms with E-state index in [1.165, 1.54) is 7.11 Å². The van der Waals surface area contributed by atoms with Crippen LogP contribution in [0.15, 0.2) is 53.7 Å². The zero-order chi connectivity index (χ0) is 18.4. The molecule has 0 amide bonds. The second-order valence-corrected chi connectivity index (χ2v) is 6.84. The minimum atomic E-state index is -0.430. The number of nitrogens with zero attached hydrogens (tertiary/aromatic N) is 2. The molecule has 1 aliphatic heterocycles. The van der Waals surface area contributed by atoms with E-state index in [1.54, 1.807) is 12.1 Å². The van der Waals surface area contributed by atoms with Crippen molar-refractivity contribution >= 4 is 46.2 Å². The van der Waals surface area contributed by atoms with Crippen LogP contribution in [-0.2, 0) is 9.53 Å². The number of fused-ring (bicyclic) bond motifs is 3. The number of esters is 1. The number of anilines is 1. The van der Waals surface area contributed by atoms with Gasteiger partial charge in [0.2, 0.25) is 5.95 Å². The first kappa shape index (κ1) is 16.9. The van der Waals surface area contributed by atoms with Gasteiger partial charge in [0.25, 0.3) is 0 Å². The van der Waals surface area contributed by atoms with Crippen molar-refractivity contribution in [1.29, 1.82) is 0 Å². The monoisotopic (exact) mass is 387 g/mol. The minimum Gasteiger partial charge on any atom is -0.466 e. The van der Waals surface area contributed by atoms with E-state index >= 15 is 0 Å². The molecule has 5 nitrogen and oxygen atoms in total. The van der Waals surface area contributed by atoms with Crippen LogP contribution >= 0.6 is 23.2 Å². The van der Waals surface area contributed by atoms with Gasteiger partial charge in [-0.2, -0.15) is 0 Å². The number of carbonyl (C=O) groups excluding carboxylic acids is 1. The van der Waals surface area contributed by atoms with Gasteiger partial charge in [-0.1, -0.05) is 41.4 Å². The molecule has 26 heavy (non-hydrogen) atoms. The van der Waals surface area contributed by atoms with Gasteiger partial charge < -0.3 is 10.1 Å². The van der Waals surface area contributed by atoms with Crippen molar-refractivity contribution in [3.05, 3.63) is 69.3 Å². The summed E-state index contributed by atoms with van der Waals surface area (Å²) in [7, 11) is 1.37. The Morgan fingerprint density at radius 2 is 1.96 bits per heavy atom. The Kier molecular flexibility index (Phi) is 4.13. The lowest BCUT2D eigenvalue weighted by Gasteiger charge is -2.30. The molecule has 0 saturated heterocycles. The molecule has 132 valence electrons. The molecule has 1 atom stereocenters. The van der Waals surface area contributed by atoms with E-state index in [-0.39, 0.29) is 0 Å². The number of allylic oxidation sites excluding steroid dienone is 1. The van der Waals surface area contributed by atoms with Gasteiger partial charge in [-0.3, -0.25) is 4.57 Å². The topological polar surface area (TPSA) is 56.1 Å². The van der Waals surface area contributed by atoms with E-state index in [0.29, 0.717) is 27.3 Å². The molecule has 4 rings (SSSR count). The summed E-state index contributed by atoms with van der Waals surface area (Å²) in [5.41, 5.74) is 3.75. The Labute approximate surface area is 160 Å². The number of aromatic nitrogens is 2. The molecule has 0 spiro atoms. The van der Waals surface area contributed by atoms with Crippen molar-refractivity contribution in [3.8, 4) is 0 Å². The zero-order valence-corrected chi connectivity index (χ0v) is 15.6. The predicted octanol–water partition coefficient (Wildman–Crippen LogP) is 4.81. The van der Waals surface area contributed by atoms with Crippen molar-refractivity contribution in [3.63, 3.8) is 0 Å². The number of hydrogen-bond acceptors (Lipinski definition) is 4. The summed E-state index contributed by atoms with van der Waals surface area (Å²) in [5, 5.41) is 4.10. The van der Waals surface area contributed by atoms with Crippen molar-refractivity contribution in [2.24, 2.45) is 0 Å². The minimum absolute atomic E-state index is 0.408. The Hall–Kier alpha value is -2.50. The number of benzene rings is 2. The normalized spacial score (nSPS) is 16.4. The van der Waals surface area contributed by atoms with Gasteiger partial charge >= 0.3 is 5.97 Å². The molecule has 1 N–H and O–H groups in total. The summed E-state index contributed by atoms with van der Waals surface area (Å²) in [4.78, 5) is 17.2. The number of carbonyl (C=O) groups is 1. The fourth-order valence-corrected chi connectivity index (χ4v) is 3.64. The molecule has 0 unspecified atom stereocenters. The van der Waals surface area contributed by atoms with Crippen LogP contribution in [0.2, 0.25) is 10.0 Å². The lowest BCUT2D eigenvalue weighted by atomic mass is 9.95. The van der Waals surface area contributed by atoms with Crippen LogP contribution in [-0.4, -0.2) is 22.6 Å². The van der Waals surface area contributed by atoms with Gasteiger partial charge in [0.05, 0.1) is 39.8 Å². The van der Waals surface area contributed by atoms with Gasteiger partial charge in [-0.15, -0.1) is 0 Å². The Morgan fingerprint density at radius 1 is 1.19 bits per heavy atom.